The molecule has 0 saturated carbocycles. The molecule has 1 aliphatic rings. The molecule has 0 bridgehead atoms. The molecule has 184 valence electrons. The highest BCUT2D eigenvalue weighted by molar-refractivity contribution is 5.98. The zero-order valence-corrected chi connectivity index (χ0v) is 19.7. The van der Waals surface area contributed by atoms with E-state index in [1.165, 1.54) is 6.07 Å². The van der Waals surface area contributed by atoms with Gasteiger partial charge >= 0.3 is 0 Å². The van der Waals surface area contributed by atoms with E-state index < -0.39 is 17.5 Å². The van der Waals surface area contributed by atoms with E-state index in [1.807, 2.05) is 13.1 Å². The van der Waals surface area contributed by atoms with Crippen molar-refractivity contribution in [3.05, 3.63) is 71.6 Å². The fourth-order valence-electron chi connectivity index (χ4n) is 4.63. The highest BCUT2D eigenvalue weighted by Gasteiger charge is 2.27. The van der Waals surface area contributed by atoms with Crippen molar-refractivity contribution in [3.63, 3.8) is 0 Å². The Morgan fingerprint density at radius 2 is 1.94 bits per heavy atom. The van der Waals surface area contributed by atoms with Gasteiger partial charge in [0, 0.05) is 23.4 Å². The number of amides is 1. The zero-order valence-electron chi connectivity index (χ0n) is 19.7. The van der Waals surface area contributed by atoms with Crippen molar-refractivity contribution < 1.29 is 18.3 Å². The van der Waals surface area contributed by atoms with Crippen LogP contribution in [0.3, 0.4) is 0 Å². The predicted octanol–water partition coefficient (Wildman–Crippen LogP) is 4.70. The molecule has 2 aromatic carbocycles. The van der Waals surface area contributed by atoms with Gasteiger partial charge in [0.25, 0.3) is 5.91 Å². The zero-order chi connectivity index (χ0) is 25.2. The lowest BCUT2D eigenvalue weighted by Crippen LogP contribution is -2.33. The number of likely N-dealkylation sites (tertiary alicyclic amines) is 1. The molecule has 3 heterocycles. The first-order valence-electron chi connectivity index (χ1n) is 11.7. The van der Waals surface area contributed by atoms with Crippen molar-refractivity contribution in [2.45, 2.75) is 25.7 Å². The number of rotatable bonds is 6. The third kappa shape index (κ3) is 4.55. The van der Waals surface area contributed by atoms with Gasteiger partial charge in [-0.15, -0.1) is 5.92 Å². The number of imidazole rings is 1. The summed E-state index contributed by atoms with van der Waals surface area (Å²) in [5, 5.41) is 3.15. The van der Waals surface area contributed by atoms with Crippen LogP contribution in [0.5, 0.6) is 11.5 Å². The van der Waals surface area contributed by atoms with Gasteiger partial charge in [-0.25, -0.2) is 18.3 Å². The molecule has 0 atom stereocenters. The summed E-state index contributed by atoms with van der Waals surface area (Å²) in [6.07, 6.45) is 3.84. The minimum Gasteiger partial charge on any atom is -0.454 e. The average Bonchev–Trinajstić information content (AvgIpc) is 3.45. The van der Waals surface area contributed by atoms with Gasteiger partial charge in [-0.2, -0.15) is 0 Å². The second-order valence-electron chi connectivity index (χ2n) is 8.74. The molecule has 7 nitrogen and oxygen atoms in total. The number of aromatic nitrogens is 3. The first kappa shape index (κ1) is 23.6. The molecule has 1 aliphatic heterocycles. The standard InChI is InChI=1S/C27H25F2N5O2/c1-2-3-12-33-13-10-17(11-14-33)21-16-31-34-25(26(30)35)24(32-27(21)34)18-4-7-20(8-5-18)36-23-9-6-19(28)15-22(23)29/h4-9,15-17,31H,10-14H2,1H3,(H2,30,35). The van der Waals surface area contributed by atoms with E-state index in [2.05, 4.69) is 21.8 Å². The monoisotopic (exact) mass is 489 g/mol. The number of ether oxygens (including phenoxy) is 1. The van der Waals surface area contributed by atoms with Crippen LogP contribution in [-0.4, -0.2) is 45.0 Å². The smallest absolute Gasteiger partial charge is 0.269 e. The summed E-state index contributed by atoms with van der Waals surface area (Å²) < 4.78 is 34.2. The fraction of sp³-hybridized carbons (Fsp3) is 0.259. The third-order valence-corrected chi connectivity index (χ3v) is 6.47. The molecule has 1 fully saturated rings. The summed E-state index contributed by atoms with van der Waals surface area (Å²) >= 11 is 0. The van der Waals surface area contributed by atoms with Crippen LogP contribution in [-0.2, 0) is 0 Å². The molecule has 1 saturated heterocycles. The summed E-state index contributed by atoms with van der Waals surface area (Å²) in [6, 6.07) is 9.82. The van der Waals surface area contributed by atoms with Crippen molar-refractivity contribution in [1.82, 2.24) is 19.5 Å². The summed E-state index contributed by atoms with van der Waals surface area (Å²) in [6.45, 7) is 4.52. The van der Waals surface area contributed by atoms with Crippen LogP contribution in [0.1, 0.15) is 41.7 Å². The Hall–Kier alpha value is -4.16. The second-order valence-corrected chi connectivity index (χ2v) is 8.74. The molecular formula is C27H25F2N5O2. The van der Waals surface area contributed by atoms with Crippen LogP contribution in [0, 0.1) is 23.5 Å². The van der Waals surface area contributed by atoms with Gasteiger partial charge in [0.15, 0.2) is 22.9 Å². The van der Waals surface area contributed by atoms with Crippen molar-refractivity contribution >= 4 is 11.6 Å². The quantitative estimate of drug-likeness (QED) is 0.384. The number of nitrogens with two attached hydrogens (primary N) is 1. The van der Waals surface area contributed by atoms with Crippen LogP contribution in [0.25, 0.3) is 16.9 Å². The maximum Gasteiger partial charge on any atom is 0.269 e. The number of halogens is 2. The van der Waals surface area contributed by atoms with Crippen LogP contribution in [0.4, 0.5) is 8.78 Å². The van der Waals surface area contributed by atoms with Crippen molar-refractivity contribution in [1.29, 1.82) is 0 Å². The van der Waals surface area contributed by atoms with Gasteiger partial charge < -0.3 is 10.5 Å². The van der Waals surface area contributed by atoms with Gasteiger partial charge in [0.1, 0.15) is 17.3 Å². The number of hydrogen-bond acceptors (Lipinski definition) is 4. The summed E-state index contributed by atoms with van der Waals surface area (Å²) in [5.74, 6) is 4.56. The molecule has 4 aromatic rings. The molecule has 1 amide bonds. The Morgan fingerprint density at radius 1 is 1.19 bits per heavy atom. The number of aromatic amines is 1. The Bertz CT molecular complexity index is 1470. The maximum atomic E-state index is 13.9. The van der Waals surface area contributed by atoms with E-state index in [0.717, 1.165) is 50.2 Å². The minimum atomic E-state index is -0.796. The van der Waals surface area contributed by atoms with E-state index >= 15 is 0 Å². The van der Waals surface area contributed by atoms with E-state index in [1.54, 1.807) is 28.8 Å². The third-order valence-electron chi connectivity index (χ3n) is 6.47. The first-order valence-corrected chi connectivity index (χ1v) is 11.7. The van der Waals surface area contributed by atoms with Crippen LogP contribution >= 0.6 is 0 Å². The number of nitrogens with one attached hydrogen (secondary N) is 1. The lowest BCUT2D eigenvalue weighted by molar-refractivity contribution is 0.0994. The molecule has 36 heavy (non-hydrogen) atoms. The fourth-order valence-corrected chi connectivity index (χ4v) is 4.63. The summed E-state index contributed by atoms with van der Waals surface area (Å²) in [4.78, 5) is 19.5. The lowest BCUT2D eigenvalue weighted by Gasteiger charge is -2.30. The number of carbonyl (C=O) groups is 1. The number of nitrogens with zero attached hydrogens (tertiary/aromatic N) is 3. The van der Waals surface area contributed by atoms with Gasteiger partial charge in [-0.3, -0.25) is 14.8 Å². The molecule has 0 unspecified atom stereocenters. The van der Waals surface area contributed by atoms with Gasteiger partial charge in [0.2, 0.25) is 0 Å². The van der Waals surface area contributed by atoms with Crippen molar-refractivity contribution in [2.75, 3.05) is 19.6 Å². The first-order chi connectivity index (χ1) is 17.4. The molecule has 5 rings (SSSR count). The number of fused-ring (bicyclic) bond motifs is 1. The van der Waals surface area contributed by atoms with Crippen LogP contribution in [0.15, 0.2) is 48.7 Å². The molecule has 3 N–H and O–H groups in total. The van der Waals surface area contributed by atoms with Crippen LogP contribution in [0.2, 0.25) is 0 Å². The topological polar surface area (TPSA) is 88.7 Å². The number of benzene rings is 2. The highest BCUT2D eigenvalue weighted by Crippen LogP contribution is 2.34. The highest BCUT2D eigenvalue weighted by atomic mass is 19.1. The average molecular weight is 490 g/mol. The Morgan fingerprint density at radius 3 is 2.61 bits per heavy atom. The number of piperidine rings is 1. The molecule has 0 radical (unpaired) electrons. The summed E-state index contributed by atoms with van der Waals surface area (Å²) in [7, 11) is 0. The second kappa shape index (κ2) is 9.84. The number of H-pyrrole nitrogens is 1. The molecule has 0 aliphatic carbocycles. The SMILES string of the molecule is CC#CCN1CCC(c2c[nH]n3c(C(N)=O)c(-c4ccc(Oc5ccc(F)cc5F)cc4)nc23)CC1. The minimum absolute atomic E-state index is 0.0882. The van der Waals surface area contributed by atoms with E-state index in [-0.39, 0.29) is 11.4 Å². The lowest BCUT2D eigenvalue weighted by atomic mass is 9.91. The van der Waals surface area contributed by atoms with E-state index in [4.69, 9.17) is 15.5 Å². The molecule has 2 aromatic heterocycles. The number of primary amides is 1. The predicted molar refractivity (Wildman–Crippen MR) is 132 cm³/mol. The number of hydrogen-bond donors (Lipinski definition) is 2. The number of carbonyl (C=O) groups excluding carboxylic acids is 1. The van der Waals surface area contributed by atoms with Gasteiger partial charge in [-0.1, -0.05) is 5.92 Å². The van der Waals surface area contributed by atoms with E-state index in [0.29, 0.717) is 28.6 Å². The Labute approximate surface area is 206 Å². The van der Waals surface area contributed by atoms with Crippen LogP contribution < -0.4 is 10.5 Å². The normalized spacial score (nSPS) is 14.5. The van der Waals surface area contributed by atoms with Gasteiger partial charge in [-0.05, 0) is 75.2 Å². The van der Waals surface area contributed by atoms with E-state index in [9.17, 15) is 13.6 Å². The van der Waals surface area contributed by atoms with Gasteiger partial charge in [0.05, 0.1) is 6.54 Å². The molecule has 9 heteroatoms. The summed E-state index contributed by atoms with van der Waals surface area (Å²) in [5.41, 5.74) is 8.84. The molecule has 0 spiro atoms. The maximum absolute atomic E-state index is 13.9. The molecular weight excluding hydrogens is 464 g/mol. The van der Waals surface area contributed by atoms with Crippen molar-refractivity contribution in [3.8, 4) is 34.6 Å². The Kier molecular flexibility index (Phi) is 6.44. The Balaban J connectivity index is 1.41. The largest absolute Gasteiger partial charge is 0.454 e. The van der Waals surface area contributed by atoms with Crippen molar-refractivity contribution in [2.24, 2.45) is 5.73 Å².